The molecule has 0 aliphatic carbocycles. The maximum atomic E-state index is 12.5. The lowest BCUT2D eigenvalue weighted by molar-refractivity contribution is -0.143. The van der Waals surface area contributed by atoms with Gasteiger partial charge in [0.15, 0.2) is 0 Å². The predicted octanol–water partition coefficient (Wildman–Crippen LogP) is 22.4. The zero-order valence-corrected chi connectivity index (χ0v) is 51.8. The molecule has 0 heterocycles. The van der Waals surface area contributed by atoms with Crippen molar-refractivity contribution in [3.05, 3.63) is 12.2 Å². The van der Waals surface area contributed by atoms with E-state index in [0.29, 0.717) is 19.4 Å². The number of hydrogen-bond acceptors (Lipinski definition) is 5. The lowest BCUT2D eigenvalue weighted by Crippen LogP contribution is -2.45. The first-order valence-electron chi connectivity index (χ1n) is 35.0. The quantitative estimate of drug-likeness (QED) is 0.0320. The molecule has 0 aliphatic rings. The standard InChI is InChI=1S/C70H137NO5/c1-3-5-7-9-11-13-15-17-19-21-23-24-25-26-27-29-30-34-38-42-46-50-54-58-62-68(73)67(66-72)71-69(74)63-59-55-51-47-43-39-35-32-33-37-41-45-49-53-57-61-65-76-70(75)64-60-56-52-48-44-40-36-31-28-22-20-18-16-14-12-10-8-6-4-2/h58,62,67-68,72-73H,3-57,59-61,63-66H2,1-2H3,(H,71,74)/b62-58+. The molecule has 0 aromatic rings. The Balaban J connectivity index is 3.42. The van der Waals surface area contributed by atoms with Crippen molar-refractivity contribution in [1.82, 2.24) is 5.32 Å². The summed E-state index contributed by atoms with van der Waals surface area (Å²) in [6, 6.07) is -0.634. The second-order valence-corrected chi connectivity index (χ2v) is 24.2. The Morgan fingerprint density at radius 1 is 0.355 bits per heavy atom. The molecule has 6 heteroatoms. The third kappa shape index (κ3) is 61.8. The Bertz CT molecular complexity index is 1140. The Morgan fingerprint density at radius 3 is 0.895 bits per heavy atom. The van der Waals surface area contributed by atoms with Crippen LogP contribution in [0, 0.1) is 0 Å². The molecule has 0 radical (unpaired) electrons. The number of aliphatic hydroxyl groups excluding tert-OH is 2. The molecule has 0 aromatic carbocycles. The van der Waals surface area contributed by atoms with Crippen molar-refractivity contribution in [2.45, 2.75) is 411 Å². The third-order valence-electron chi connectivity index (χ3n) is 16.6. The number of rotatable bonds is 66. The first-order valence-corrected chi connectivity index (χ1v) is 35.0. The molecule has 76 heavy (non-hydrogen) atoms. The summed E-state index contributed by atoms with van der Waals surface area (Å²) in [4.78, 5) is 24.7. The highest BCUT2D eigenvalue weighted by Gasteiger charge is 2.18. The van der Waals surface area contributed by atoms with Crippen LogP contribution in [0.15, 0.2) is 12.2 Å². The molecule has 0 rings (SSSR count). The zero-order valence-electron chi connectivity index (χ0n) is 51.8. The molecule has 0 fully saturated rings. The molecule has 3 N–H and O–H groups in total. The van der Waals surface area contributed by atoms with E-state index in [9.17, 15) is 19.8 Å². The first-order chi connectivity index (χ1) is 37.5. The molecule has 452 valence electrons. The summed E-state index contributed by atoms with van der Waals surface area (Å²) in [7, 11) is 0. The van der Waals surface area contributed by atoms with Crippen LogP contribution in [-0.2, 0) is 14.3 Å². The minimum absolute atomic E-state index is 0.00840. The summed E-state index contributed by atoms with van der Waals surface area (Å²) in [5.74, 6) is -0.0611. The SMILES string of the molecule is CCCCCCCCCCCCCCCCCCCCCCCC/C=C/C(O)C(CO)NC(=O)CCCCCCCCCCCCCCCCCCOC(=O)CCCCCCCCCCCCCCCCCCCCC. The van der Waals surface area contributed by atoms with E-state index in [4.69, 9.17) is 4.74 Å². The fourth-order valence-electron chi connectivity index (χ4n) is 11.2. The maximum absolute atomic E-state index is 12.5. The van der Waals surface area contributed by atoms with Gasteiger partial charge < -0.3 is 20.3 Å². The second kappa shape index (κ2) is 66.1. The first kappa shape index (κ1) is 74.6. The van der Waals surface area contributed by atoms with Crippen molar-refractivity contribution in [2.75, 3.05) is 13.2 Å². The third-order valence-corrected chi connectivity index (χ3v) is 16.6. The van der Waals surface area contributed by atoms with Crippen LogP contribution in [0.25, 0.3) is 0 Å². The maximum Gasteiger partial charge on any atom is 0.305 e. The van der Waals surface area contributed by atoms with Gasteiger partial charge in [0.1, 0.15) is 0 Å². The minimum atomic E-state index is -0.850. The molecule has 1 amide bonds. The number of esters is 1. The van der Waals surface area contributed by atoms with Gasteiger partial charge in [0.25, 0.3) is 0 Å². The van der Waals surface area contributed by atoms with E-state index >= 15 is 0 Å². The number of ether oxygens (including phenoxy) is 1. The van der Waals surface area contributed by atoms with Gasteiger partial charge in [-0.05, 0) is 32.1 Å². The zero-order chi connectivity index (χ0) is 55.0. The van der Waals surface area contributed by atoms with E-state index in [1.165, 1.54) is 334 Å². The normalized spacial score (nSPS) is 12.5. The van der Waals surface area contributed by atoms with E-state index in [0.717, 1.165) is 38.5 Å². The topological polar surface area (TPSA) is 95.9 Å². The van der Waals surface area contributed by atoms with Crippen molar-refractivity contribution in [3.8, 4) is 0 Å². The van der Waals surface area contributed by atoms with Crippen LogP contribution in [0.4, 0.5) is 0 Å². The molecule has 0 spiro atoms. The second-order valence-electron chi connectivity index (χ2n) is 24.2. The fraction of sp³-hybridized carbons (Fsp3) is 0.943. The number of carbonyl (C=O) groups is 2. The summed E-state index contributed by atoms with van der Waals surface area (Å²) >= 11 is 0. The van der Waals surface area contributed by atoms with Crippen LogP contribution < -0.4 is 5.32 Å². The van der Waals surface area contributed by atoms with E-state index in [2.05, 4.69) is 19.2 Å². The smallest absolute Gasteiger partial charge is 0.305 e. The van der Waals surface area contributed by atoms with Crippen molar-refractivity contribution in [3.63, 3.8) is 0 Å². The molecular formula is C70H137NO5. The van der Waals surface area contributed by atoms with Crippen LogP contribution >= 0.6 is 0 Å². The Hall–Kier alpha value is -1.40. The largest absolute Gasteiger partial charge is 0.466 e. The molecule has 2 atom stereocenters. The van der Waals surface area contributed by atoms with Gasteiger partial charge in [-0.3, -0.25) is 9.59 Å². The van der Waals surface area contributed by atoms with Crippen LogP contribution in [0.5, 0.6) is 0 Å². The van der Waals surface area contributed by atoms with Crippen LogP contribution in [0.2, 0.25) is 0 Å². The number of unbranched alkanes of at least 4 members (excludes halogenated alkanes) is 55. The van der Waals surface area contributed by atoms with Gasteiger partial charge in [0.05, 0.1) is 25.4 Å². The van der Waals surface area contributed by atoms with Gasteiger partial charge in [-0.2, -0.15) is 0 Å². The molecule has 6 nitrogen and oxygen atoms in total. The summed E-state index contributed by atoms with van der Waals surface area (Å²) in [5, 5.41) is 23.3. The molecule has 0 saturated heterocycles. The van der Waals surface area contributed by atoms with Gasteiger partial charge >= 0.3 is 5.97 Å². The summed E-state index contributed by atoms with van der Waals surface area (Å²) in [6.45, 7) is 4.94. The highest BCUT2D eigenvalue weighted by atomic mass is 16.5. The molecule has 0 aromatic heterocycles. The van der Waals surface area contributed by atoms with E-state index in [-0.39, 0.29) is 18.5 Å². The Kier molecular flexibility index (Phi) is 64.9. The highest BCUT2D eigenvalue weighted by molar-refractivity contribution is 5.76. The fourth-order valence-corrected chi connectivity index (χ4v) is 11.2. The van der Waals surface area contributed by atoms with Crippen LogP contribution in [0.3, 0.4) is 0 Å². The van der Waals surface area contributed by atoms with Crippen molar-refractivity contribution in [2.24, 2.45) is 0 Å². The lowest BCUT2D eigenvalue weighted by Gasteiger charge is -2.20. The van der Waals surface area contributed by atoms with Crippen LogP contribution in [-0.4, -0.2) is 47.4 Å². The summed E-state index contributed by atoms with van der Waals surface area (Å²) < 4.78 is 5.51. The number of hydrogen-bond donors (Lipinski definition) is 3. The van der Waals surface area contributed by atoms with Gasteiger partial charge in [-0.15, -0.1) is 0 Å². The number of nitrogens with one attached hydrogen (secondary N) is 1. The van der Waals surface area contributed by atoms with Gasteiger partial charge in [-0.1, -0.05) is 366 Å². The number of allylic oxidation sites excluding steroid dienone is 1. The average molecular weight is 1070 g/mol. The van der Waals surface area contributed by atoms with E-state index in [1.807, 2.05) is 6.08 Å². The number of aliphatic hydroxyl groups is 2. The summed E-state index contributed by atoms with van der Waals surface area (Å²) in [5.41, 5.74) is 0. The molecule has 2 unspecified atom stereocenters. The van der Waals surface area contributed by atoms with Gasteiger partial charge in [-0.25, -0.2) is 0 Å². The number of carbonyl (C=O) groups excluding carboxylic acids is 2. The predicted molar refractivity (Wildman–Crippen MR) is 333 cm³/mol. The van der Waals surface area contributed by atoms with Crippen molar-refractivity contribution >= 4 is 11.9 Å². The molecule has 0 aliphatic heterocycles. The van der Waals surface area contributed by atoms with Gasteiger partial charge in [0, 0.05) is 12.8 Å². The van der Waals surface area contributed by atoms with Crippen molar-refractivity contribution in [1.29, 1.82) is 0 Å². The summed E-state index contributed by atoms with van der Waals surface area (Å²) in [6.07, 6.45) is 81.3. The monoisotopic (exact) mass is 1070 g/mol. The van der Waals surface area contributed by atoms with Crippen molar-refractivity contribution < 1.29 is 24.5 Å². The molecule has 0 bridgehead atoms. The van der Waals surface area contributed by atoms with Crippen LogP contribution in [0.1, 0.15) is 399 Å². The Morgan fingerprint density at radius 2 is 0.605 bits per heavy atom. The Labute approximate surface area is 476 Å². The van der Waals surface area contributed by atoms with Gasteiger partial charge in [0.2, 0.25) is 5.91 Å². The highest BCUT2D eigenvalue weighted by Crippen LogP contribution is 2.19. The minimum Gasteiger partial charge on any atom is -0.466 e. The van der Waals surface area contributed by atoms with E-state index in [1.54, 1.807) is 6.08 Å². The number of amides is 1. The lowest BCUT2D eigenvalue weighted by atomic mass is 10.0. The molecule has 0 saturated carbocycles. The molecular weight excluding hydrogens is 935 g/mol. The van der Waals surface area contributed by atoms with E-state index < -0.39 is 12.1 Å². The average Bonchev–Trinajstić information content (AvgIpc) is 3.42.